The number of hydrogen-bond donors (Lipinski definition) is 1. The van der Waals surface area contributed by atoms with E-state index in [0.717, 1.165) is 34.0 Å². The molecule has 0 aliphatic carbocycles. The van der Waals surface area contributed by atoms with Crippen molar-refractivity contribution < 1.29 is 9.53 Å². The zero-order chi connectivity index (χ0) is 19.5. The largest absolute Gasteiger partial charge is 0.497 e. The molecule has 28 heavy (non-hydrogen) atoms. The molecule has 5 nitrogen and oxygen atoms in total. The van der Waals surface area contributed by atoms with Crippen LogP contribution in [0.3, 0.4) is 0 Å². The molecule has 1 N–H and O–H groups in total. The van der Waals surface area contributed by atoms with Gasteiger partial charge in [-0.1, -0.05) is 42.0 Å². The number of imidazole rings is 1. The molecule has 0 aliphatic heterocycles. The van der Waals surface area contributed by atoms with Gasteiger partial charge in [-0.15, -0.1) is 11.3 Å². The number of benzene rings is 2. The summed E-state index contributed by atoms with van der Waals surface area (Å²) in [7, 11) is 1.65. The van der Waals surface area contributed by atoms with Gasteiger partial charge in [0, 0.05) is 23.7 Å². The Balaban J connectivity index is 1.53. The molecule has 6 heteroatoms. The maximum atomic E-state index is 12.9. The van der Waals surface area contributed by atoms with Crippen LogP contribution in [-0.4, -0.2) is 28.9 Å². The van der Waals surface area contributed by atoms with Crippen molar-refractivity contribution in [2.24, 2.45) is 0 Å². The average Bonchev–Trinajstić information content (AvgIpc) is 3.30. The van der Waals surface area contributed by atoms with Gasteiger partial charge in [0.1, 0.15) is 5.75 Å². The molecule has 0 atom stereocenters. The number of nitrogens with zero attached hydrogens (tertiary/aromatic N) is 2. The highest BCUT2D eigenvalue weighted by molar-refractivity contribution is 7.15. The Morgan fingerprint density at radius 2 is 1.89 bits per heavy atom. The monoisotopic (exact) mass is 391 g/mol. The highest BCUT2D eigenvalue weighted by atomic mass is 32.1. The average molecular weight is 391 g/mol. The van der Waals surface area contributed by atoms with E-state index < -0.39 is 0 Å². The first-order valence-corrected chi connectivity index (χ1v) is 9.97. The van der Waals surface area contributed by atoms with E-state index in [9.17, 15) is 4.79 Å². The first kappa shape index (κ1) is 18.3. The number of carbonyl (C=O) groups excluding carboxylic acids is 1. The summed E-state index contributed by atoms with van der Waals surface area (Å²) in [6.07, 6.45) is 2.70. The number of rotatable bonds is 6. The predicted molar refractivity (Wildman–Crippen MR) is 112 cm³/mol. The van der Waals surface area contributed by atoms with Crippen LogP contribution >= 0.6 is 11.3 Å². The summed E-state index contributed by atoms with van der Waals surface area (Å²) in [5, 5.41) is 4.98. The van der Waals surface area contributed by atoms with Crippen molar-refractivity contribution >= 4 is 22.2 Å². The van der Waals surface area contributed by atoms with Crippen LogP contribution in [0.25, 0.3) is 16.2 Å². The van der Waals surface area contributed by atoms with Gasteiger partial charge in [-0.2, -0.15) is 0 Å². The van der Waals surface area contributed by atoms with Gasteiger partial charge in [0.15, 0.2) is 10.7 Å². The molecule has 0 radical (unpaired) electrons. The van der Waals surface area contributed by atoms with Crippen LogP contribution in [0.5, 0.6) is 5.75 Å². The third-order valence-corrected chi connectivity index (χ3v) is 5.42. The van der Waals surface area contributed by atoms with Crippen LogP contribution in [0.2, 0.25) is 0 Å². The minimum atomic E-state index is -0.153. The van der Waals surface area contributed by atoms with E-state index in [1.807, 2.05) is 71.4 Å². The number of carbonyl (C=O) groups is 1. The summed E-state index contributed by atoms with van der Waals surface area (Å²) in [5.74, 6) is 0.675. The Morgan fingerprint density at radius 3 is 2.61 bits per heavy atom. The second kappa shape index (κ2) is 7.86. The molecule has 1 amide bonds. The van der Waals surface area contributed by atoms with Crippen LogP contribution in [0.1, 0.15) is 21.6 Å². The summed E-state index contributed by atoms with van der Waals surface area (Å²) in [6, 6.07) is 16.0. The van der Waals surface area contributed by atoms with Gasteiger partial charge in [0.25, 0.3) is 5.91 Å². The number of aryl methyl sites for hydroxylation is 1. The van der Waals surface area contributed by atoms with Crippen LogP contribution in [0.4, 0.5) is 0 Å². The Labute approximate surface area is 167 Å². The first-order valence-electron chi connectivity index (χ1n) is 9.09. The SMILES string of the molecule is COc1ccc(CCNC(=O)c2nc3sccn3c2-c2ccc(C)cc2)cc1. The summed E-state index contributed by atoms with van der Waals surface area (Å²) in [4.78, 5) is 18.2. The van der Waals surface area contributed by atoms with Crippen LogP contribution in [0, 0.1) is 6.92 Å². The van der Waals surface area contributed by atoms with E-state index in [1.54, 1.807) is 7.11 Å². The molecular formula is C22H21N3O2S. The quantitative estimate of drug-likeness (QED) is 0.532. The molecule has 2 aromatic heterocycles. The fourth-order valence-electron chi connectivity index (χ4n) is 3.13. The van der Waals surface area contributed by atoms with Gasteiger partial charge in [-0.3, -0.25) is 9.20 Å². The fraction of sp³-hybridized carbons (Fsp3) is 0.182. The number of nitrogens with one attached hydrogen (secondary N) is 1. The van der Waals surface area contributed by atoms with Crippen molar-refractivity contribution in [3.8, 4) is 17.0 Å². The number of fused-ring (bicyclic) bond motifs is 1. The Kier molecular flexibility index (Phi) is 5.12. The van der Waals surface area contributed by atoms with Crippen molar-refractivity contribution in [3.05, 3.63) is 76.9 Å². The van der Waals surface area contributed by atoms with E-state index in [1.165, 1.54) is 16.9 Å². The van der Waals surface area contributed by atoms with Crippen molar-refractivity contribution in [3.63, 3.8) is 0 Å². The molecule has 142 valence electrons. The van der Waals surface area contributed by atoms with E-state index in [0.29, 0.717) is 12.2 Å². The van der Waals surface area contributed by atoms with Gasteiger partial charge in [0.2, 0.25) is 0 Å². The highest BCUT2D eigenvalue weighted by Crippen LogP contribution is 2.27. The maximum absolute atomic E-state index is 12.9. The molecule has 2 heterocycles. The lowest BCUT2D eigenvalue weighted by Gasteiger charge is -2.07. The smallest absolute Gasteiger partial charge is 0.272 e. The normalized spacial score (nSPS) is 10.9. The molecule has 0 saturated carbocycles. The van der Waals surface area contributed by atoms with Gasteiger partial charge in [0.05, 0.1) is 12.8 Å². The van der Waals surface area contributed by atoms with Gasteiger partial charge in [-0.25, -0.2) is 4.98 Å². The summed E-state index contributed by atoms with van der Waals surface area (Å²) >= 11 is 1.52. The zero-order valence-electron chi connectivity index (χ0n) is 15.8. The van der Waals surface area contributed by atoms with Crippen molar-refractivity contribution in [1.82, 2.24) is 14.7 Å². The molecule has 0 aliphatic rings. The number of aromatic nitrogens is 2. The molecule has 0 bridgehead atoms. The molecular weight excluding hydrogens is 370 g/mol. The highest BCUT2D eigenvalue weighted by Gasteiger charge is 2.20. The summed E-state index contributed by atoms with van der Waals surface area (Å²) < 4.78 is 7.15. The Bertz CT molecular complexity index is 1100. The Morgan fingerprint density at radius 1 is 1.14 bits per heavy atom. The molecule has 4 aromatic rings. The van der Waals surface area contributed by atoms with Crippen LogP contribution < -0.4 is 10.1 Å². The van der Waals surface area contributed by atoms with Crippen LogP contribution in [0.15, 0.2) is 60.1 Å². The number of thiazole rings is 1. The third kappa shape index (κ3) is 3.64. The topological polar surface area (TPSA) is 55.6 Å². The lowest BCUT2D eigenvalue weighted by atomic mass is 10.1. The zero-order valence-corrected chi connectivity index (χ0v) is 16.6. The van der Waals surface area contributed by atoms with Gasteiger partial charge in [-0.05, 0) is 31.0 Å². The van der Waals surface area contributed by atoms with Crippen molar-refractivity contribution in [2.45, 2.75) is 13.3 Å². The number of amides is 1. The molecule has 2 aromatic carbocycles. The first-order chi connectivity index (χ1) is 13.7. The Hall–Kier alpha value is -3.12. The molecule has 0 unspecified atom stereocenters. The second-order valence-electron chi connectivity index (χ2n) is 6.58. The van der Waals surface area contributed by atoms with E-state index >= 15 is 0 Å². The van der Waals surface area contributed by atoms with E-state index in [2.05, 4.69) is 10.3 Å². The van der Waals surface area contributed by atoms with E-state index in [-0.39, 0.29) is 5.91 Å². The number of hydrogen-bond acceptors (Lipinski definition) is 4. The van der Waals surface area contributed by atoms with Crippen molar-refractivity contribution in [2.75, 3.05) is 13.7 Å². The molecule has 0 spiro atoms. The lowest BCUT2D eigenvalue weighted by Crippen LogP contribution is -2.26. The minimum absolute atomic E-state index is 0.153. The van der Waals surface area contributed by atoms with Gasteiger partial charge >= 0.3 is 0 Å². The van der Waals surface area contributed by atoms with Crippen LogP contribution in [-0.2, 0) is 6.42 Å². The third-order valence-electron chi connectivity index (χ3n) is 4.66. The molecule has 0 fully saturated rings. The predicted octanol–water partition coefficient (Wildman–Crippen LogP) is 4.35. The molecule has 4 rings (SSSR count). The second-order valence-corrected chi connectivity index (χ2v) is 7.46. The maximum Gasteiger partial charge on any atom is 0.272 e. The fourth-order valence-corrected chi connectivity index (χ4v) is 3.84. The van der Waals surface area contributed by atoms with E-state index in [4.69, 9.17) is 4.74 Å². The molecule has 0 saturated heterocycles. The lowest BCUT2D eigenvalue weighted by molar-refractivity contribution is 0.0950. The summed E-state index contributed by atoms with van der Waals surface area (Å²) in [5.41, 5.74) is 4.60. The minimum Gasteiger partial charge on any atom is -0.497 e. The number of ether oxygens (including phenoxy) is 1. The van der Waals surface area contributed by atoms with Crippen molar-refractivity contribution in [1.29, 1.82) is 0 Å². The number of methoxy groups -OCH3 is 1. The standard InChI is InChI=1S/C22H21N3O2S/c1-15-3-7-17(8-4-15)20-19(24-22-25(20)13-14-28-22)21(26)23-12-11-16-5-9-18(27-2)10-6-16/h3-10,13-14H,11-12H2,1-2H3,(H,23,26). The summed E-state index contributed by atoms with van der Waals surface area (Å²) in [6.45, 7) is 2.59. The van der Waals surface area contributed by atoms with Gasteiger partial charge < -0.3 is 10.1 Å².